The Hall–Kier alpha value is -4.82. The number of alkyl halides is 6. The number of rotatable bonds is 14. The van der Waals surface area contributed by atoms with Gasteiger partial charge in [-0.15, -0.1) is 0 Å². The highest BCUT2D eigenvalue weighted by molar-refractivity contribution is 5.97. The summed E-state index contributed by atoms with van der Waals surface area (Å²) >= 11 is 0. The zero-order valence-corrected chi connectivity index (χ0v) is 24.5. The third-order valence-electron chi connectivity index (χ3n) is 5.96. The van der Waals surface area contributed by atoms with Gasteiger partial charge in [0.1, 0.15) is 23.6 Å². The van der Waals surface area contributed by atoms with Gasteiger partial charge in [0, 0.05) is 35.9 Å². The molecule has 2 amide bonds. The molecule has 0 radical (unpaired) electrons. The van der Waals surface area contributed by atoms with Gasteiger partial charge in [-0.3, -0.25) is 19.2 Å². The maximum Gasteiger partial charge on any atom is 0.454 e. The number of carbonyl (C=O) groups excluding carboxylic acids is 4. The molecule has 0 aliphatic heterocycles. The number of hydrogen-bond donors (Lipinski definition) is 4. The Morgan fingerprint density at radius 1 is 0.600 bits per heavy atom. The SMILES string of the molecule is CC(C)C(NC=CC(=O)C(F)(F)F)C(=O)Nc1ccc(Oc2ccc(NC(=O)C(NC=CC(=O)C(F)(F)F)C(C)C)cc2)cc1. The number of amides is 2. The Morgan fingerprint density at radius 3 is 1.18 bits per heavy atom. The number of anilines is 2. The smallest absolute Gasteiger partial charge is 0.454 e. The van der Waals surface area contributed by atoms with Gasteiger partial charge in [-0.25, -0.2) is 0 Å². The van der Waals surface area contributed by atoms with Gasteiger partial charge in [0.2, 0.25) is 11.8 Å². The lowest BCUT2D eigenvalue weighted by Crippen LogP contribution is -2.42. The molecule has 0 aliphatic carbocycles. The van der Waals surface area contributed by atoms with Gasteiger partial charge >= 0.3 is 12.4 Å². The first-order valence-electron chi connectivity index (χ1n) is 13.5. The van der Waals surface area contributed by atoms with E-state index in [1.165, 1.54) is 24.3 Å². The van der Waals surface area contributed by atoms with Crippen molar-refractivity contribution in [1.82, 2.24) is 10.6 Å². The van der Waals surface area contributed by atoms with E-state index in [4.69, 9.17) is 4.74 Å². The third kappa shape index (κ3) is 12.0. The number of ketones is 2. The highest BCUT2D eigenvalue weighted by Crippen LogP contribution is 2.25. The first kappa shape index (κ1) is 36.4. The molecular formula is C30H32F6N4O5. The fourth-order valence-corrected chi connectivity index (χ4v) is 3.57. The van der Waals surface area contributed by atoms with Gasteiger partial charge in [0.25, 0.3) is 11.6 Å². The summed E-state index contributed by atoms with van der Waals surface area (Å²) in [4.78, 5) is 47.3. The first-order chi connectivity index (χ1) is 20.9. The molecule has 2 unspecified atom stereocenters. The summed E-state index contributed by atoms with van der Waals surface area (Å²) in [6.07, 6.45) is -7.83. The van der Waals surface area contributed by atoms with E-state index in [0.29, 0.717) is 35.0 Å². The number of halogens is 6. The minimum atomic E-state index is -5.01. The first-order valence-corrected chi connectivity index (χ1v) is 13.5. The van der Waals surface area contributed by atoms with E-state index in [9.17, 15) is 45.5 Å². The summed E-state index contributed by atoms with van der Waals surface area (Å²) in [7, 11) is 0. The minimum Gasteiger partial charge on any atom is -0.457 e. The summed E-state index contributed by atoms with van der Waals surface area (Å²) in [6.45, 7) is 6.70. The molecule has 4 N–H and O–H groups in total. The van der Waals surface area contributed by atoms with Crippen LogP contribution in [0.2, 0.25) is 0 Å². The van der Waals surface area contributed by atoms with E-state index < -0.39 is 47.8 Å². The Bertz CT molecular complexity index is 1280. The van der Waals surface area contributed by atoms with Crippen LogP contribution in [0.4, 0.5) is 37.7 Å². The standard InChI is InChI=1S/C30H32F6N4O5/c1-17(2)25(37-15-13-23(41)29(31,32)33)27(43)39-19-5-9-21(10-6-19)45-22-11-7-20(8-12-22)40-28(44)26(18(3)4)38-16-14-24(42)30(34,35)36/h5-18,25-26,37-38H,1-4H3,(H,39,43)(H,40,44). The van der Waals surface area contributed by atoms with Crippen molar-refractivity contribution in [2.45, 2.75) is 52.1 Å². The van der Waals surface area contributed by atoms with Gasteiger partial charge in [0.15, 0.2) is 0 Å². The van der Waals surface area contributed by atoms with Crippen LogP contribution in [0.25, 0.3) is 0 Å². The molecule has 15 heteroatoms. The Morgan fingerprint density at radius 2 is 0.911 bits per heavy atom. The Kier molecular flexibility index (Phi) is 12.7. The quantitative estimate of drug-likeness (QED) is 0.150. The van der Waals surface area contributed by atoms with Crippen molar-refractivity contribution in [2.24, 2.45) is 11.8 Å². The van der Waals surface area contributed by atoms with Crippen LogP contribution in [0.1, 0.15) is 27.7 Å². The van der Waals surface area contributed by atoms with Crippen molar-refractivity contribution in [3.05, 3.63) is 73.1 Å². The molecule has 0 fully saturated rings. The zero-order valence-electron chi connectivity index (χ0n) is 24.5. The second-order valence-electron chi connectivity index (χ2n) is 10.3. The molecule has 9 nitrogen and oxygen atoms in total. The molecule has 0 spiro atoms. The molecule has 2 aromatic carbocycles. The van der Waals surface area contributed by atoms with Crippen LogP contribution < -0.4 is 26.0 Å². The maximum atomic E-state index is 12.7. The molecule has 0 bridgehead atoms. The largest absolute Gasteiger partial charge is 0.457 e. The van der Waals surface area contributed by atoms with Crippen molar-refractivity contribution in [1.29, 1.82) is 0 Å². The fraction of sp³-hybridized carbons (Fsp3) is 0.333. The van der Waals surface area contributed by atoms with E-state index in [0.717, 1.165) is 12.4 Å². The zero-order chi connectivity index (χ0) is 33.9. The topological polar surface area (TPSA) is 126 Å². The highest BCUT2D eigenvalue weighted by atomic mass is 19.4. The maximum absolute atomic E-state index is 12.7. The number of carbonyl (C=O) groups is 4. The summed E-state index contributed by atoms with van der Waals surface area (Å²) in [6, 6.07) is 10.5. The molecular weight excluding hydrogens is 610 g/mol. The normalized spacial score (nSPS) is 13.5. The lowest BCUT2D eigenvalue weighted by Gasteiger charge is -2.21. The van der Waals surface area contributed by atoms with Gasteiger partial charge in [-0.05, 0) is 60.4 Å². The van der Waals surface area contributed by atoms with Crippen LogP contribution >= 0.6 is 0 Å². The van der Waals surface area contributed by atoms with E-state index in [-0.39, 0.29) is 11.8 Å². The summed E-state index contributed by atoms with van der Waals surface area (Å²) in [5.74, 6) is -5.07. The third-order valence-corrected chi connectivity index (χ3v) is 5.96. The van der Waals surface area contributed by atoms with Crippen molar-refractivity contribution in [2.75, 3.05) is 10.6 Å². The van der Waals surface area contributed by atoms with Crippen LogP contribution in [-0.2, 0) is 19.2 Å². The van der Waals surface area contributed by atoms with Gasteiger partial charge < -0.3 is 26.0 Å². The van der Waals surface area contributed by atoms with Crippen LogP contribution in [0.5, 0.6) is 11.5 Å². The summed E-state index contributed by atoms with van der Waals surface area (Å²) in [5.41, 5.74) is 0.748. The predicted octanol–water partition coefficient (Wildman–Crippen LogP) is 5.87. The van der Waals surface area contributed by atoms with Crippen LogP contribution in [-0.4, -0.2) is 47.8 Å². The van der Waals surface area contributed by atoms with Crippen LogP contribution in [0.3, 0.4) is 0 Å². The monoisotopic (exact) mass is 642 g/mol. The Labute approximate surface area is 255 Å². The van der Waals surface area contributed by atoms with Crippen molar-refractivity contribution >= 4 is 34.8 Å². The summed E-state index contributed by atoms with van der Waals surface area (Å²) in [5, 5.41) is 10.3. The number of nitrogens with one attached hydrogen (secondary N) is 4. The minimum absolute atomic E-state index is 0.309. The average molecular weight is 643 g/mol. The second-order valence-corrected chi connectivity index (χ2v) is 10.3. The van der Waals surface area contributed by atoms with Gasteiger partial charge in [0.05, 0.1) is 0 Å². The lowest BCUT2D eigenvalue weighted by atomic mass is 10.0. The Balaban J connectivity index is 1.96. The molecule has 2 atom stereocenters. The fourth-order valence-electron chi connectivity index (χ4n) is 3.57. The average Bonchev–Trinajstić information content (AvgIpc) is 2.93. The molecule has 244 valence electrons. The molecule has 0 saturated carbocycles. The predicted molar refractivity (Wildman–Crippen MR) is 154 cm³/mol. The van der Waals surface area contributed by atoms with Gasteiger partial charge in [-0.1, -0.05) is 27.7 Å². The van der Waals surface area contributed by atoms with Gasteiger partial charge in [-0.2, -0.15) is 26.3 Å². The van der Waals surface area contributed by atoms with Crippen LogP contribution in [0.15, 0.2) is 73.1 Å². The van der Waals surface area contributed by atoms with Crippen molar-refractivity contribution in [3.63, 3.8) is 0 Å². The lowest BCUT2D eigenvalue weighted by molar-refractivity contribution is -0.165. The van der Waals surface area contributed by atoms with E-state index >= 15 is 0 Å². The number of benzene rings is 2. The molecule has 45 heavy (non-hydrogen) atoms. The number of allylic oxidation sites excluding steroid dienone is 2. The summed E-state index contributed by atoms with van der Waals surface area (Å²) < 4.78 is 80.0. The van der Waals surface area contributed by atoms with Crippen LogP contribution in [0, 0.1) is 11.8 Å². The second kappa shape index (κ2) is 15.8. The van der Waals surface area contributed by atoms with Crippen molar-refractivity contribution < 1.29 is 50.3 Å². The molecule has 0 aromatic heterocycles. The van der Waals surface area contributed by atoms with E-state index in [2.05, 4.69) is 21.3 Å². The number of ether oxygens (including phenoxy) is 1. The highest BCUT2D eigenvalue weighted by Gasteiger charge is 2.37. The molecule has 2 rings (SSSR count). The molecule has 0 heterocycles. The number of hydrogen-bond acceptors (Lipinski definition) is 7. The van der Waals surface area contributed by atoms with E-state index in [1.54, 1.807) is 52.0 Å². The van der Waals surface area contributed by atoms with E-state index in [1.807, 2.05) is 0 Å². The molecule has 0 saturated heterocycles. The molecule has 0 aliphatic rings. The molecule has 2 aromatic rings. The van der Waals surface area contributed by atoms with Crippen molar-refractivity contribution in [3.8, 4) is 11.5 Å².